The first-order valence-electron chi connectivity index (χ1n) is 6.04. The molecule has 3 nitrogen and oxygen atoms in total. The molecule has 0 heterocycles. The summed E-state index contributed by atoms with van der Waals surface area (Å²) in [6, 6.07) is 0.452. The van der Waals surface area contributed by atoms with Gasteiger partial charge in [-0.15, -0.1) is 0 Å². The third-order valence-corrected chi connectivity index (χ3v) is 3.65. The lowest BCUT2D eigenvalue weighted by Crippen LogP contribution is -2.47. The molecule has 0 radical (unpaired) electrons. The molecule has 3 N–H and O–H groups in total. The first-order chi connectivity index (χ1) is 6.94. The van der Waals surface area contributed by atoms with Crippen LogP contribution in [0.2, 0.25) is 0 Å². The van der Waals surface area contributed by atoms with Crippen molar-refractivity contribution in [3.63, 3.8) is 0 Å². The molecule has 0 aromatic carbocycles. The van der Waals surface area contributed by atoms with Crippen molar-refractivity contribution in [2.24, 2.45) is 11.7 Å². The standard InChI is InChI=1S/C12H26N2O/c1-10(7-12(2,13)9-15)14(3)8-11-5-4-6-11/h10-11,15H,4-9,13H2,1-3H3. The smallest absolute Gasteiger partial charge is 0.0609 e. The van der Waals surface area contributed by atoms with Gasteiger partial charge in [0.1, 0.15) is 0 Å². The monoisotopic (exact) mass is 214 g/mol. The van der Waals surface area contributed by atoms with Crippen LogP contribution in [0.15, 0.2) is 0 Å². The number of hydrogen-bond acceptors (Lipinski definition) is 3. The number of nitrogens with two attached hydrogens (primary N) is 1. The molecule has 0 saturated heterocycles. The second-order valence-corrected chi connectivity index (χ2v) is 5.60. The van der Waals surface area contributed by atoms with Crippen molar-refractivity contribution < 1.29 is 5.11 Å². The zero-order chi connectivity index (χ0) is 11.5. The maximum absolute atomic E-state index is 9.12. The number of rotatable bonds is 6. The molecule has 0 bridgehead atoms. The Balaban J connectivity index is 2.28. The molecule has 2 unspecified atom stereocenters. The van der Waals surface area contributed by atoms with Crippen LogP contribution < -0.4 is 5.73 Å². The van der Waals surface area contributed by atoms with E-state index in [4.69, 9.17) is 10.8 Å². The number of aliphatic hydroxyl groups excluding tert-OH is 1. The summed E-state index contributed by atoms with van der Waals surface area (Å²) >= 11 is 0. The van der Waals surface area contributed by atoms with Gasteiger partial charge in [-0.05, 0) is 46.1 Å². The van der Waals surface area contributed by atoms with Crippen molar-refractivity contribution in [2.45, 2.75) is 51.1 Å². The molecule has 2 atom stereocenters. The van der Waals surface area contributed by atoms with Crippen LogP contribution in [0.1, 0.15) is 39.5 Å². The van der Waals surface area contributed by atoms with E-state index >= 15 is 0 Å². The van der Waals surface area contributed by atoms with Crippen molar-refractivity contribution in [1.82, 2.24) is 4.90 Å². The summed E-state index contributed by atoms with van der Waals surface area (Å²) in [4.78, 5) is 2.38. The Morgan fingerprint density at radius 3 is 2.53 bits per heavy atom. The van der Waals surface area contributed by atoms with Crippen LogP contribution in [0.4, 0.5) is 0 Å². The van der Waals surface area contributed by atoms with Gasteiger partial charge in [0.05, 0.1) is 6.61 Å². The zero-order valence-corrected chi connectivity index (χ0v) is 10.4. The molecular weight excluding hydrogens is 188 g/mol. The highest BCUT2D eigenvalue weighted by atomic mass is 16.3. The van der Waals surface area contributed by atoms with Gasteiger partial charge in [0, 0.05) is 18.1 Å². The highest BCUT2D eigenvalue weighted by Gasteiger charge is 2.25. The molecule has 1 aliphatic rings. The Labute approximate surface area is 93.6 Å². The van der Waals surface area contributed by atoms with Gasteiger partial charge in [0.25, 0.3) is 0 Å². The quantitative estimate of drug-likeness (QED) is 0.698. The molecule has 3 heteroatoms. The van der Waals surface area contributed by atoms with Gasteiger partial charge in [-0.25, -0.2) is 0 Å². The van der Waals surface area contributed by atoms with Gasteiger partial charge in [-0.3, -0.25) is 0 Å². The molecule has 0 aromatic rings. The molecule has 1 saturated carbocycles. The lowest BCUT2D eigenvalue weighted by atomic mass is 9.84. The minimum atomic E-state index is -0.437. The third-order valence-electron chi connectivity index (χ3n) is 3.65. The predicted molar refractivity (Wildman–Crippen MR) is 63.7 cm³/mol. The van der Waals surface area contributed by atoms with E-state index in [2.05, 4.69) is 18.9 Å². The summed E-state index contributed by atoms with van der Waals surface area (Å²) in [5.41, 5.74) is 5.52. The number of nitrogens with zero attached hydrogens (tertiary/aromatic N) is 1. The van der Waals surface area contributed by atoms with E-state index in [-0.39, 0.29) is 6.61 Å². The molecule has 0 spiro atoms. The number of aliphatic hydroxyl groups is 1. The first-order valence-corrected chi connectivity index (χ1v) is 6.04. The highest BCUT2D eigenvalue weighted by molar-refractivity contribution is 4.84. The minimum absolute atomic E-state index is 0.0641. The second-order valence-electron chi connectivity index (χ2n) is 5.60. The van der Waals surface area contributed by atoms with Gasteiger partial charge >= 0.3 is 0 Å². The largest absolute Gasteiger partial charge is 0.394 e. The van der Waals surface area contributed by atoms with Gasteiger partial charge in [0.15, 0.2) is 0 Å². The van der Waals surface area contributed by atoms with Crippen LogP contribution in [0.25, 0.3) is 0 Å². The van der Waals surface area contributed by atoms with E-state index in [1.807, 2.05) is 6.92 Å². The van der Waals surface area contributed by atoms with E-state index in [9.17, 15) is 0 Å². The topological polar surface area (TPSA) is 49.5 Å². The summed E-state index contributed by atoms with van der Waals surface area (Å²) in [7, 11) is 2.16. The van der Waals surface area contributed by atoms with E-state index in [1.165, 1.54) is 25.8 Å². The minimum Gasteiger partial charge on any atom is -0.394 e. The summed E-state index contributed by atoms with van der Waals surface area (Å²) in [5.74, 6) is 0.899. The van der Waals surface area contributed by atoms with Crippen LogP contribution in [0.5, 0.6) is 0 Å². The third kappa shape index (κ3) is 4.09. The molecule has 1 fully saturated rings. The van der Waals surface area contributed by atoms with Crippen molar-refractivity contribution in [2.75, 3.05) is 20.2 Å². The van der Waals surface area contributed by atoms with E-state index in [0.717, 1.165) is 12.3 Å². The summed E-state index contributed by atoms with van der Waals surface area (Å²) in [6.07, 6.45) is 5.03. The van der Waals surface area contributed by atoms with E-state index in [0.29, 0.717) is 6.04 Å². The average Bonchev–Trinajstić information content (AvgIpc) is 2.10. The van der Waals surface area contributed by atoms with Crippen molar-refractivity contribution >= 4 is 0 Å². The molecule has 0 aromatic heterocycles. The molecule has 15 heavy (non-hydrogen) atoms. The van der Waals surface area contributed by atoms with Crippen molar-refractivity contribution in [3.05, 3.63) is 0 Å². The van der Waals surface area contributed by atoms with E-state index < -0.39 is 5.54 Å². The lowest BCUT2D eigenvalue weighted by molar-refractivity contribution is 0.126. The molecular formula is C12H26N2O. The number of hydrogen-bond donors (Lipinski definition) is 2. The van der Waals surface area contributed by atoms with Crippen LogP contribution in [0, 0.1) is 5.92 Å². The normalized spacial score (nSPS) is 23.6. The Hall–Kier alpha value is -0.120. The van der Waals surface area contributed by atoms with Crippen LogP contribution in [-0.4, -0.2) is 41.8 Å². The molecule has 1 aliphatic carbocycles. The maximum atomic E-state index is 9.12. The highest BCUT2D eigenvalue weighted by Crippen LogP contribution is 2.27. The molecule has 1 rings (SSSR count). The SMILES string of the molecule is CC(CC(C)(N)CO)N(C)CC1CCC1. The summed E-state index contributed by atoms with van der Waals surface area (Å²) < 4.78 is 0. The maximum Gasteiger partial charge on any atom is 0.0609 e. The van der Waals surface area contributed by atoms with Crippen molar-refractivity contribution in [1.29, 1.82) is 0 Å². The van der Waals surface area contributed by atoms with Gasteiger partial charge in [-0.2, -0.15) is 0 Å². The van der Waals surface area contributed by atoms with Crippen molar-refractivity contribution in [3.8, 4) is 0 Å². The molecule has 0 aliphatic heterocycles. The second kappa shape index (κ2) is 5.28. The Kier molecular flexibility index (Phi) is 4.56. The molecule has 0 amide bonds. The van der Waals surface area contributed by atoms with Gasteiger partial charge < -0.3 is 15.7 Å². The average molecular weight is 214 g/mol. The lowest BCUT2D eigenvalue weighted by Gasteiger charge is -2.36. The fourth-order valence-electron chi connectivity index (χ4n) is 2.16. The Morgan fingerprint density at radius 2 is 2.13 bits per heavy atom. The van der Waals surface area contributed by atoms with Crippen LogP contribution in [-0.2, 0) is 0 Å². The Bertz CT molecular complexity index is 190. The summed E-state index contributed by atoms with van der Waals surface area (Å²) in [6.45, 7) is 5.36. The Morgan fingerprint density at radius 1 is 1.53 bits per heavy atom. The fourth-order valence-corrected chi connectivity index (χ4v) is 2.16. The predicted octanol–water partition coefficient (Wildman–Crippen LogP) is 1.21. The van der Waals surface area contributed by atoms with Crippen LogP contribution in [0.3, 0.4) is 0 Å². The molecule has 90 valence electrons. The van der Waals surface area contributed by atoms with E-state index in [1.54, 1.807) is 0 Å². The van der Waals surface area contributed by atoms with Gasteiger partial charge in [0.2, 0.25) is 0 Å². The van der Waals surface area contributed by atoms with Crippen LogP contribution >= 0.6 is 0 Å². The first kappa shape index (κ1) is 12.9. The summed E-state index contributed by atoms with van der Waals surface area (Å²) in [5, 5.41) is 9.12. The van der Waals surface area contributed by atoms with Gasteiger partial charge in [-0.1, -0.05) is 6.42 Å². The fraction of sp³-hybridized carbons (Fsp3) is 1.00. The zero-order valence-electron chi connectivity index (χ0n) is 10.4.